The molecule has 7 nitrogen and oxygen atoms in total. The number of aliphatic carboxylic acids is 1. The molecule has 28 heavy (non-hydrogen) atoms. The fourth-order valence-corrected chi connectivity index (χ4v) is 2.47. The minimum atomic E-state index is -1.74. The topological polar surface area (TPSA) is 108 Å². The molecule has 0 spiro atoms. The average molecular weight is 387 g/mol. The number of anilines is 1. The van der Waals surface area contributed by atoms with Gasteiger partial charge in [-0.2, -0.15) is 0 Å². The maximum atomic E-state index is 13.1. The van der Waals surface area contributed by atoms with Gasteiger partial charge >= 0.3 is 12.0 Å². The lowest BCUT2D eigenvalue weighted by molar-refractivity contribution is -0.144. The van der Waals surface area contributed by atoms with Crippen molar-refractivity contribution in [3.63, 3.8) is 0 Å². The summed E-state index contributed by atoms with van der Waals surface area (Å²) in [6, 6.07) is 10.5. The van der Waals surface area contributed by atoms with Crippen molar-refractivity contribution in [1.82, 2.24) is 10.6 Å². The van der Waals surface area contributed by atoms with Crippen molar-refractivity contribution in [3.8, 4) is 0 Å². The van der Waals surface area contributed by atoms with Crippen molar-refractivity contribution in [2.24, 2.45) is 0 Å². The third-order valence-corrected chi connectivity index (χ3v) is 4.04. The highest BCUT2D eigenvalue weighted by molar-refractivity contribution is 5.98. The number of carboxylic acid groups (broad SMARTS) is 1. The molecular formula is C20H22FN3O4. The molecule has 0 saturated carbocycles. The van der Waals surface area contributed by atoms with Crippen LogP contribution in [0, 0.1) is 5.82 Å². The van der Waals surface area contributed by atoms with Gasteiger partial charge in [0.25, 0.3) is 5.91 Å². The fraction of sp³-hybridized carbons (Fsp3) is 0.250. The van der Waals surface area contributed by atoms with Gasteiger partial charge in [-0.15, -0.1) is 0 Å². The third-order valence-electron chi connectivity index (χ3n) is 4.04. The Morgan fingerprint density at radius 1 is 1.00 bits per heavy atom. The second-order valence-electron chi connectivity index (χ2n) is 6.72. The van der Waals surface area contributed by atoms with Gasteiger partial charge in [-0.05, 0) is 62.7 Å². The van der Waals surface area contributed by atoms with Crippen LogP contribution in [-0.4, -0.2) is 29.1 Å². The Hall–Kier alpha value is -3.42. The number of carbonyl (C=O) groups is 3. The van der Waals surface area contributed by atoms with Crippen molar-refractivity contribution in [2.75, 3.05) is 5.32 Å². The molecule has 0 fully saturated rings. The monoisotopic (exact) mass is 387 g/mol. The predicted molar refractivity (Wildman–Crippen MR) is 103 cm³/mol. The summed E-state index contributed by atoms with van der Waals surface area (Å²) in [5.41, 5.74) is -0.809. The Morgan fingerprint density at radius 2 is 1.57 bits per heavy atom. The molecule has 8 heteroatoms. The number of hydrogen-bond acceptors (Lipinski definition) is 3. The Morgan fingerprint density at radius 3 is 2.07 bits per heavy atom. The molecule has 0 aliphatic heterocycles. The third kappa shape index (κ3) is 5.06. The molecule has 1 unspecified atom stereocenters. The van der Waals surface area contributed by atoms with Crippen LogP contribution in [0.1, 0.15) is 36.7 Å². The van der Waals surface area contributed by atoms with Crippen LogP contribution in [0.4, 0.5) is 14.9 Å². The molecule has 3 amide bonds. The number of amides is 3. The maximum Gasteiger partial charge on any atom is 0.333 e. The minimum absolute atomic E-state index is 0.0230. The summed E-state index contributed by atoms with van der Waals surface area (Å²) in [7, 11) is 0. The first-order valence-corrected chi connectivity index (χ1v) is 8.61. The fourth-order valence-electron chi connectivity index (χ4n) is 2.47. The average Bonchev–Trinajstić information content (AvgIpc) is 2.61. The molecule has 2 rings (SSSR count). The number of nitrogens with one attached hydrogen (secondary N) is 3. The summed E-state index contributed by atoms with van der Waals surface area (Å²) in [5, 5.41) is 17.4. The second-order valence-corrected chi connectivity index (χ2v) is 6.72. The number of benzene rings is 2. The van der Waals surface area contributed by atoms with Crippen molar-refractivity contribution >= 4 is 23.6 Å². The number of carbonyl (C=O) groups excluding carboxylic acids is 2. The summed E-state index contributed by atoms with van der Waals surface area (Å²) in [6.45, 7) is 4.98. The van der Waals surface area contributed by atoms with Gasteiger partial charge in [-0.3, -0.25) is 4.79 Å². The molecule has 2 aromatic rings. The molecule has 2 aromatic carbocycles. The Bertz CT molecular complexity index is 866. The zero-order valence-corrected chi connectivity index (χ0v) is 15.7. The van der Waals surface area contributed by atoms with Gasteiger partial charge < -0.3 is 21.1 Å². The number of carboxylic acids is 1. The molecule has 148 valence electrons. The SMILES string of the molecule is CC(C)NC(=O)Nc1ccc(C(=O)NC(C)(C(=O)O)c2ccc(F)cc2)cc1. The van der Waals surface area contributed by atoms with Crippen LogP contribution in [0.5, 0.6) is 0 Å². The normalized spacial score (nSPS) is 12.8. The van der Waals surface area contributed by atoms with E-state index in [0.717, 1.165) is 12.1 Å². The Labute approximate surface area is 162 Å². The highest BCUT2D eigenvalue weighted by Crippen LogP contribution is 2.22. The smallest absolute Gasteiger partial charge is 0.333 e. The van der Waals surface area contributed by atoms with Gasteiger partial charge in [0.05, 0.1) is 0 Å². The first kappa shape index (κ1) is 20.9. The lowest BCUT2D eigenvalue weighted by Crippen LogP contribution is -2.49. The Balaban J connectivity index is 2.14. The van der Waals surface area contributed by atoms with Crippen molar-refractivity contribution < 1.29 is 23.9 Å². The molecule has 0 aliphatic rings. The van der Waals surface area contributed by atoms with Crippen LogP contribution in [0.15, 0.2) is 48.5 Å². The molecule has 0 bridgehead atoms. The quantitative estimate of drug-likeness (QED) is 0.611. The molecule has 0 radical (unpaired) electrons. The van der Waals surface area contributed by atoms with Gasteiger partial charge in [-0.1, -0.05) is 12.1 Å². The summed E-state index contributed by atoms with van der Waals surface area (Å²) in [6.07, 6.45) is 0. The standard InChI is InChI=1S/C20H22FN3O4/c1-12(2)22-19(28)23-16-10-4-13(5-11-16)17(25)24-20(3,18(26)27)14-6-8-15(21)9-7-14/h4-12H,1-3H3,(H,24,25)(H,26,27)(H2,22,23,28). The van der Waals surface area contributed by atoms with E-state index in [1.54, 1.807) is 0 Å². The van der Waals surface area contributed by atoms with Crippen LogP contribution in [0.25, 0.3) is 0 Å². The van der Waals surface area contributed by atoms with Gasteiger partial charge in [0, 0.05) is 17.3 Å². The van der Waals surface area contributed by atoms with E-state index in [2.05, 4.69) is 16.0 Å². The number of rotatable bonds is 6. The zero-order chi connectivity index (χ0) is 20.9. The highest BCUT2D eigenvalue weighted by Gasteiger charge is 2.37. The number of urea groups is 1. The van der Waals surface area contributed by atoms with Crippen LogP contribution >= 0.6 is 0 Å². The van der Waals surface area contributed by atoms with Crippen LogP contribution in [0.2, 0.25) is 0 Å². The van der Waals surface area contributed by atoms with E-state index in [0.29, 0.717) is 5.69 Å². The summed E-state index contributed by atoms with van der Waals surface area (Å²) in [5.74, 6) is -2.41. The van der Waals surface area contributed by atoms with E-state index in [-0.39, 0.29) is 23.2 Å². The van der Waals surface area contributed by atoms with Gasteiger partial charge in [-0.25, -0.2) is 14.0 Å². The zero-order valence-electron chi connectivity index (χ0n) is 15.7. The number of hydrogen-bond donors (Lipinski definition) is 4. The first-order chi connectivity index (χ1) is 13.1. The highest BCUT2D eigenvalue weighted by atomic mass is 19.1. The van der Waals surface area contributed by atoms with E-state index in [1.165, 1.54) is 43.3 Å². The summed E-state index contributed by atoms with van der Waals surface area (Å²) < 4.78 is 13.1. The maximum absolute atomic E-state index is 13.1. The van der Waals surface area contributed by atoms with Crippen LogP contribution in [-0.2, 0) is 10.3 Å². The van der Waals surface area contributed by atoms with Crippen LogP contribution < -0.4 is 16.0 Å². The lowest BCUT2D eigenvalue weighted by Gasteiger charge is -2.27. The van der Waals surface area contributed by atoms with Gasteiger partial charge in [0.1, 0.15) is 5.82 Å². The molecule has 0 aliphatic carbocycles. The largest absolute Gasteiger partial charge is 0.479 e. The molecule has 0 heterocycles. The van der Waals surface area contributed by atoms with E-state index in [9.17, 15) is 23.9 Å². The predicted octanol–water partition coefficient (Wildman–Crippen LogP) is 3.09. The van der Waals surface area contributed by atoms with Gasteiger partial charge in [0.2, 0.25) is 0 Å². The molecule has 0 aromatic heterocycles. The molecule has 1 atom stereocenters. The minimum Gasteiger partial charge on any atom is -0.479 e. The molecule has 4 N–H and O–H groups in total. The molecule has 0 saturated heterocycles. The van der Waals surface area contributed by atoms with Crippen molar-refractivity contribution in [1.29, 1.82) is 0 Å². The van der Waals surface area contributed by atoms with E-state index in [1.807, 2.05) is 13.8 Å². The van der Waals surface area contributed by atoms with E-state index in [4.69, 9.17) is 0 Å². The first-order valence-electron chi connectivity index (χ1n) is 8.61. The number of halogens is 1. The van der Waals surface area contributed by atoms with Gasteiger partial charge in [0.15, 0.2) is 5.54 Å². The van der Waals surface area contributed by atoms with Crippen molar-refractivity contribution in [2.45, 2.75) is 32.4 Å². The van der Waals surface area contributed by atoms with E-state index >= 15 is 0 Å². The molecular weight excluding hydrogens is 365 g/mol. The summed E-state index contributed by atoms with van der Waals surface area (Å²) in [4.78, 5) is 36.0. The second kappa shape index (κ2) is 8.51. The summed E-state index contributed by atoms with van der Waals surface area (Å²) >= 11 is 0. The van der Waals surface area contributed by atoms with Crippen molar-refractivity contribution in [3.05, 3.63) is 65.5 Å². The van der Waals surface area contributed by atoms with E-state index < -0.39 is 23.2 Å². The van der Waals surface area contributed by atoms with Crippen LogP contribution in [0.3, 0.4) is 0 Å². The Kier molecular flexibility index (Phi) is 6.35. The lowest BCUT2D eigenvalue weighted by atomic mass is 9.91.